The third-order valence-corrected chi connectivity index (χ3v) is 6.74. The molecule has 0 radical (unpaired) electrons. The van der Waals surface area contributed by atoms with Crippen LogP contribution in [0.2, 0.25) is 0 Å². The van der Waals surface area contributed by atoms with Gasteiger partial charge in [0.2, 0.25) is 0 Å². The van der Waals surface area contributed by atoms with Crippen molar-refractivity contribution in [1.29, 1.82) is 0 Å². The molecule has 1 aliphatic heterocycles. The number of nitrogens with zero attached hydrogens (tertiary/aromatic N) is 1. The number of nitro benzene ring substituents is 1. The lowest BCUT2D eigenvalue weighted by Crippen LogP contribution is -2.35. The number of carbonyl (C=O) groups excluding carboxylic acids is 2. The zero-order valence-electron chi connectivity index (χ0n) is 16.9. The Morgan fingerprint density at radius 3 is 2.74 bits per heavy atom. The minimum Gasteiger partial charge on any atom is -0.502 e. The first-order valence-electron chi connectivity index (χ1n) is 9.64. The number of phenolic OH excluding ortho intramolecular Hbond substituents is 1. The van der Waals surface area contributed by atoms with Crippen LogP contribution in [0.4, 0.5) is 5.69 Å². The minimum atomic E-state index is -0.820. The van der Waals surface area contributed by atoms with Gasteiger partial charge in [-0.1, -0.05) is 12.1 Å². The van der Waals surface area contributed by atoms with Gasteiger partial charge in [-0.2, -0.15) is 0 Å². The second-order valence-corrected chi connectivity index (χ2v) is 8.51. The van der Waals surface area contributed by atoms with Gasteiger partial charge in [-0.05, 0) is 36.4 Å². The molecule has 31 heavy (non-hydrogen) atoms. The number of rotatable bonds is 4. The molecular weight excluding hydrogens is 420 g/mol. The van der Waals surface area contributed by atoms with Gasteiger partial charge in [0.05, 0.1) is 17.6 Å². The zero-order chi connectivity index (χ0) is 22.3. The summed E-state index contributed by atoms with van der Waals surface area (Å²) in [7, 11) is 1.25. The number of benzene rings is 1. The minimum absolute atomic E-state index is 0.0287. The molecule has 2 aliphatic rings. The van der Waals surface area contributed by atoms with Crippen molar-refractivity contribution in [3.63, 3.8) is 0 Å². The van der Waals surface area contributed by atoms with E-state index in [2.05, 4.69) is 5.32 Å². The summed E-state index contributed by atoms with van der Waals surface area (Å²) in [5.74, 6) is -2.02. The third kappa shape index (κ3) is 3.61. The summed E-state index contributed by atoms with van der Waals surface area (Å²) in [6.45, 7) is 1.72. The van der Waals surface area contributed by atoms with E-state index < -0.39 is 28.2 Å². The summed E-state index contributed by atoms with van der Waals surface area (Å²) in [5, 5.41) is 26.4. The molecule has 4 rings (SSSR count). The Hall–Kier alpha value is -3.46. The van der Waals surface area contributed by atoms with Crippen LogP contribution in [-0.4, -0.2) is 28.9 Å². The number of dihydropyridines is 1. The maximum atomic E-state index is 13.3. The lowest BCUT2D eigenvalue weighted by molar-refractivity contribution is -0.385. The molecule has 1 aliphatic carbocycles. The molecule has 2 N–H and O–H groups in total. The summed E-state index contributed by atoms with van der Waals surface area (Å²) in [5.41, 5.74) is 1.77. The second-order valence-electron chi connectivity index (χ2n) is 7.53. The van der Waals surface area contributed by atoms with Gasteiger partial charge in [-0.3, -0.25) is 14.9 Å². The number of ketones is 1. The van der Waals surface area contributed by atoms with Gasteiger partial charge in [0, 0.05) is 46.2 Å². The maximum Gasteiger partial charge on any atom is 0.336 e. The summed E-state index contributed by atoms with van der Waals surface area (Å²) < 4.78 is 4.96. The third-order valence-electron chi connectivity index (χ3n) is 5.71. The number of ether oxygens (including phenoxy) is 1. The van der Waals surface area contributed by atoms with Crippen molar-refractivity contribution in [3.05, 3.63) is 78.8 Å². The van der Waals surface area contributed by atoms with Crippen LogP contribution in [0.5, 0.6) is 5.75 Å². The highest BCUT2D eigenvalue weighted by atomic mass is 32.1. The Balaban J connectivity index is 1.87. The number of nitrogens with one attached hydrogen (secondary N) is 1. The van der Waals surface area contributed by atoms with Crippen molar-refractivity contribution in [2.45, 2.75) is 31.6 Å². The number of Topliss-reactive ketones (excluding diaryl/α,β-unsaturated/α-hetero) is 1. The summed E-state index contributed by atoms with van der Waals surface area (Å²) in [6.07, 6.45) is 0.870. The molecule has 1 aromatic carbocycles. The van der Waals surface area contributed by atoms with Gasteiger partial charge in [0.15, 0.2) is 11.5 Å². The van der Waals surface area contributed by atoms with E-state index in [9.17, 15) is 24.8 Å². The van der Waals surface area contributed by atoms with E-state index in [0.29, 0.717) is 29.0 Å². The molecule has 0 unspecified atom stereocenters. The summed E-state index contributed by atoms with van der Waals surface area (Å²) >= 11 is 1.59. The maximum absolute atomic E-state index is 13.3. The van der Waals surface area contributed by atoms with Crippen molar-refractivity contribution in [3.8, 4) is 5.75 Å². The molecule has 2 atom stereocenters. The number of aromatic hydroxyl groups is 1. The first-order chi connectivity index (χ1) is 14.8. The van der Waals surface area contributed by atoms with Crippen molar-refractivity contribution >= 4 is 28.8 Å². The van der Waals surface area contributed by atoms with Crippen molar-refractivity contribution < 1.29 is 24.4 Å². The molecule has 0 fully saturated rings. The first-order valence-corrected chi connectivity index (χ1v) is 10.5. The molecule has 2 heterocycles. The fourth-order valence-electron chi connectivity index (χ4n) is 4.34. The number of allylic oxidation sites excluding steroid dienone is 3. The molecule has 0 spiro atoms. The van der Waals surface area contributed by atoms with Crippen LogP contribution in [0, 0.1) is 10.1 Å². The van der Waals surface area contributed by atoms with Crippen LogP contribution >= 0.6 is 11.3 Å². The number of hydrogen-bond donors (Lipinski definition) is 2. The van der Waals surface area contributed by atoms with Gasteiger partial charge in [-0.25, -0.2) is 4.79 Å². The first kappa shape index (κ1) is 20.8. The number of hydrogen-bond acceptors (Lipinski definition) is 8. The van der Waals surface area contributed by atoms with Crippen molar-refractivity contribution in [1.82, 2.24) is 5.32 Å². The smallest absolute Gasteiger partial charge is 0.336 e. The van der Waals surface area contributed by atoms with Crippen LogP contribution in [0.15, 0.2) is 58.3 Å². The zero-order valence-corrected chi connectivity index (χ0v) is 17.7. The Bertz CT molecular complexity index is 1150. The molecule has 9 heteroatoms. The van der Waals surface area contributed by atoms with E-state index in [1.807, 2.05) is 17.5 Å². The van der Waals surface area contributed by atoms with Crippen LogP contribution in [0.3, 0.4) is 0 Å². The average Bonchev–Trinajstić information content (AvgIpc) is 3.27. The van der Waals surface area contributed by atoms with E-state index in [1.165, 1.54) is 25.3 Å². The van der Waals surface area contributed by atoms with E-state index in [1.54, 1.807) is 18.3 Å². The molecule has 1 aromatic heterocycles. The van der Waals surface area contributed by atoms with E-state index in [-0.39, 0.29) is 23.7 Å². The molecule has 0 amide bonds. The fourth-order valence-corrected chi connectivity index (χ4v) is 5.17. The predicted molar refractivity (Wildman–Crippen MR) is 114 cm³/mol. The molecule has 0 bridgehead atoms. The highest BCUT2D eigenvalue weighted by molar-refractivity contribution is 7.10. The Kier molecular flexibility index (Phi) is 5.36. The van der Waals surface area contributed by atoms with Gasteiger partial charge < -0.3 is 15.2 Å². The summed E-state index contributed by atoms with van der Waals surface area (Å²) in [4.78, 5) is 37.7. The number of nitro groups is 1. The Labute approximate surface area is 182 Å². The van der Waals surface area contributed by atoms with E-state index in [0.717, 1.165) is 4.88 Å². The standard InChI is InChI=1S/C22H20N2O6S/c1-11-19(22(27)30-2)20(12-5-6-16(25)15(9-12)24(28)29)21-14(23-11)8-13(10-17(21)26)18-4-3-7-31-18/h3-7,9,13,20,23,25H,8,10H2,1-2H3/t13-,20+/m0/s1. The number of thiophene rings is 1. The predicted octanol–water partition coefficient (Wildman–Crippen LogP) is 3.90. The van der Waals surface area contributed by atoms with Gasteiger partial charge in [0.25, 0.3) is 0 Å². The highest BCUT2D eigenvalue weighted by Gasteiger charge is 2.42. The van der Waals surface area contributed by atoms with E-state index >= 15 is 0 Å². The molecule has 2 aromatic rings. The highest BCUT2D eigenvalue weighted by Crippen LogP contribution is 2.47. The van der Waals surface area contributed by atoms with Gasteiger partial charge in [0.1, 0.15) is 0 Å². The summed E-state index contributed by atoms with van der Waals surface area (Å²) in [6, 6.07) is 7.87. The fraction of sp³-hybridized carbons (Fsp3) is 0.273. The molecular formula is C22H20N2O6S. The average molecular weight is 440 g/mol. The lowest BCUT2D eigenvalue weighted by atomic mass is 9.72. The molecule has 8 nitrogen and oxygen atoms in total. The second kappa shape index (κ2) is 7.99. The van der Waals surface area contributed by atoms with Gasteiger partial charge >= 0.3 is 11.7 Å². The quantitative estimate of drug-likeness (QED) is 0.420. The number of carbonyl (C=O) groups is 2. The van der Waals surface area contributed by atoms with Crippen molar-refractivity contribution in [2.24, 2.45) is 0 Å². The topological polar surface area (TPSA) is 119 Å². The SMILES string of the molecule is COC(=O)C1=C(C)NC2=C(C(=O)C[C@@H](c3cccs3)C2)[C@@H]1c1ccc(O)c([N+](=O)[O-])c1. The van der Waals surface area contributed by atoms with Crippen LogP contribution in [-0.2, 0) is 14.3 Å². The van der Waals surface area contributed by atoms with Gasteiger partial charge in [-0.15, -0.1) is 11.3 Å². The molecule has 0 saturated carbocycles. The molecule has 0 saturated heterocycles. The lowest BCUT2D eigenvalue weighted by Gasteiger charge is -2.36. The molecule has 160 valence electrons. The van der Waals surface area contributed by atoms with Crippen LogP contribution < -0.4 is 5.32 Å². The van der Waals surface area contributed by atoms with E-state index in [4.69, 9.17) is 4.74 Å². The number of esters is 1. The Morgan fingerprint density at radius 2 is 2.10 bits per heavy atom. The number of phenols is 1. The largest absolute Gasteiger partial charge is 0.502 e. The van der Waals surface area contributed by atoms with Crippen LogP contribution in [0.1, 0.15) is 42.0 Å². The monoisotopic (exact) mass is 440 g/mol. The van der Waals surface area contributed by atoms with Crippen molar-refractivity contribution in [2.75, 3.05) is 7.11 Å². The normalized spacial score (nSPS) is 20.9. The number of methoxy groups -OCH3 is 1. The van der Waals surface area contributed by atoms with Crippen LogP contribution in [0.25, 0.3) is 0 Å². The Morgan fingerprint density at radius 1 is 1.32 bits per heavy atom.